The molecule has 0 fully saturated rings. The third-order valence-corrected chi connectivity index (χ3v) is 25.3. The molecule has 9 nitrogen and oxygen atoms in total. The van der Waals surface area contributed by atoms with Gasteiger partial charge in [-0.05, 0) is 129 Å². The third kappa shape index (κ3) is 58.2. The maximum absolute atomic E-state index is 11.4. The third-order valence-electron chi connectivity index (χ3n) is 24.3. The zero-order valence-electron chi connectivity index (χ0n) is 74.6. The molecule has 10 heteroatoms. The Balaban J connectivity index is 2.10. The van der Waals surface area contributed by atoms with Crippen LogP contribution < -0.4 is 13.6 Å². The highest BCUT2D eigenvalue weighted by Gasteiger charge is 2.29. The Morgan fingerprint density at radius 2 is 0.357 bits per heavy atom. The number of hydrogen-bond donors (Lipinski definition) is 6. The highest BCUT2D eigenvalue weighted by molar-refractivity contribution is 7.43. The van der Waals surface area contributed by atoms with Crippen molar-refractivity contribution in [3.63, 3.8) is 0 Å². The van der Waals surface area contributed by atoms with Crippen molar-refractivity contribution in [3.05, 3.63) is 88.0 Å². The molecular formula is C102H183O9P. The molecule has 0 aliphatic carbocycles. The topological polar surface area (TPSA) is 149 Å². The molecule has 0 amide bonds. The van der Waals surface area contributed by atoms with Crippen LogP contribution >= 0.6 is 8.60 Å². The van der Waals surface area contributed by atoms with E-state index in [1.165, 1.54) is 308 Å². The molecule has 0 saturated carbocycles. The lowest BCUT2D eigenvalue weighted by Gasteiger charge is -2.24. The predicted molar refractivity (Wildman–Crippen MR) is 484 cm³/mol. The molecule has 0 aliphatic rings. The molecule has 0 spiro atoms. The molecule has 3 aromatic carbocycles. The number of benzene rings is 3. The van der Waals surface area contributed by atoms with Crippen molar-refractivity contribution in [2.75, 3.05) is 0 Å². The molecule has 0 heterocycles. The lowest BCUT2D eigenvalue weighted by Crippen LogP contribution is -2.28. The van der Waals surface area contributed by atoms with E-state index in [9.17, 15) is 30.6 Å². The molecule has 0 bridgehead atoms. The van der Waals surface area contributed by atoms with Crippen LogP contribution in [0.1, 0.15) is 518 Å². The first-order valence-electron chi connectivity index (χ1n) is 49.2. The maximum Gasteiger partial charge on any atom is 0.530 e. The van der Waals surface area contributed by atoms with Gasteiger partial charge in [0.05, 0.1) is 0 Å². The van der Waals surface area contributed by atoms with E-state index in [2.05, 4.69) is 96.1 Å². The van der Waals surface area contributed by atoms with Crippen LogP contribution in [0.5, 0.6) is 17.2 Å². The smallest absolute Gasteiger partial charge is 0.408 e. The predicted octanol–water partition coefficient (Wildman–Crippen LogP) is 31.8. The van der Waals surface area contributed by atoms with E-state index in [0.717, 1.165) is 166 Å². The van der Waals surface area contributed by atoms with Crippen LogP contribution in [-0.2, 0) is 38.5 Å². The van der Waals surface area contributed by atoms with E-state index in [1.807, 2.05) is 0 Å². The van der Waals surface area contributed by atoms with Gasteiger partial charge in [-0.15, -0.1) is 0 Å². The van der Waals surface area contributed by atoms with E-state index >= 15 is 0 Å². The summed E-state index contributed by atoms with van der Waals surface area (Å²) in [5.74, 6) is -3.02. The average Bonchev–Trinajstić information content (AvgIpc) is 0.817. The van der Waals surface area contributed by atoms with Crippen LogP contribution in [0, 0.1) is 0 Å². The van der Waals surface area contributed by atoms with Gasteiger partial charge in [0.2, 0.25) is 0 Å². The summed E-state index contributed by atoms with van der Waals surface area (Å²) in [6.07, 6.45) is 83.7. The number of rotatable bonds is 84. The van der Waals surface area contributed by atoms with E-state index < -0.39 is 26.0 Å². The second kappa shape index (κ2) is 71.2. The molecule has 0 aliphatic heterocycles. The van der Waals surface area contributed by atoms with Gasteiger partial charge in [-0.3, -0.25) is 0 Å². The maximum atomic E-state index is 11.4. The molecule has 0 aromatic heterocycles. The van der Waals surface area contributed by atoms with Crippen LogP contribution in [0.4, 0.5) is 0 Å². The average molecular weight is 1580 g/mol. The van der Waals surface area contributed by atoms with Crippen molar-refractivity contribution in [3.8, 4) is 17.2 Å². The van der Waals surface area contributed by atoms with Gasteiger partial charge in [-0.25, -0.2) is 0 Å². The standard InChI is InChI=1S/C102H183O9P/c1-7-13-19-25-31-37-40-43-46-52-58-64-70-94-88-91(79-85-100(103,104)82-67-61-55-49-34-28-22-16-10-4)73-76-97(94)109-112(110-98-77-74-92(80-86-101(105,106)83-68-62-56-50-35-29-23-17-11-5)89-95(98)71-65-59-53-47-44-41-38-32-26-20-14-8-2)111-99-78-75-93(81-87-102(107,108)84-69-63-57-51-36-30-24-18-12-6)90-96(99)72-66-60-54-48-45-42-39-33-27-21-15-9-3/h73-78,88-90,103-108H,7-72,79-87H2,1-6H3. The Labute approximate surface area is 694 Å². The summed E-state index contributed by atoms with van der Waals surface area (Å²) in [4.78, 5) is 0. The van der Waals surface area contributed by atoms with Crippen molar-refractivity contribution in [2.45, 2.75) is 540 Å². The largest absolute Gasteiger partial charge is 0.530 e. The van der Waals surface area contributed by atoms with Crippen molar-refractivity contribution >= 4 is 8.60 Å². The Morgan fingerprint density at radius 3 is 0.536 bits per heavy atom. The highest BCUT2D eigenvalue weighted by atomic mass is 31.2. The second-order valence-electron chi connectivity index (χ2n) is 35.4. The van der Waals surface area contributed by atoms with Gasteiger partial charge in [-0.2, -0.15) is 0 Å². The second-order valence-corrected chi connectivity index (χ2v) is 36.4. The molecule has 650 valence electrons. The minimum Gasteiger partial charge on any atom is -0.408 e. The van der Waals surface area contributed by atoms with Crippen LogP contribution in [0.2, 0.25) is 0 Å². The molecule has 0 unspecified atom stereocenters. The van der Waals surface area contributed by atoms with Crippen molar-refractivity contribution in [2.24, 2.45) is 0 Å². The molecule has 0 radical (unpaired) electrons. The Morgan fingerprint density at radius 1 is 0.196 bits per heavy atom. The van der Waals surface area contributed by atoms with Gasteiger partial charge in [0.15, 0.2) is 17.4 Å². The monoisotopic (exact) mass is 1580 g/mol. The van der Waals surface area contributed by atoms with Crippen LogP contribution in [-0.4, -0.2) is 48.0 Å². The molecule has 0 atom stereocenters. The summed E-state index contributed by atoms with van der Waals surface area (Å²) in [5, 5.41) is 68.7. The lowest BCUT2D eigenvalue weighted by molar-refractivity contribution is -0.171. The fourth-order valence-corrected chi connectivity index (χ4v) is 17.7. The zero-order chi connectivity index (χ0) is 80.8. The van der Waals surface area contributed by atoms with Gasteiger partial charge in [-0.1, -0.05) is 444 Å². The molecule has 6 N–H and O–H groups in total. The molecule has 112 heavy (non-hydrogen) atoms. The highest BCUT2D eigenvalue weighted by Crippen LogP contribution is 2.47. The van der Waals surface area contributed by atoms with Crippen molar-refractivity contribution in [1.82, 2.24) is 0 Å². The Hall–Kier alpha value is -2.75. The number of aliphatic hydroxyl groups is 6. The van der Waals surface area contributed by atoms with Gasteiger partial charge in [0, 0.05) is 38.5 Å². The summed E-state index contributed by atoms with van der Waals surface area (Å²) in [6, 6.07) is 19.4. The fraction of sp³-hybridized carbons (Fsp3) is 0.824. The summed E-state index contributed by atoms with van der Waals surface area (Å²) < 4.78 is 22.1. The summed E-state index contributed by atoms with van der Waals surface area (Å²) in [6.45, 7) is 13.7. The molecule has 0 saturated heterocycles. The Kier molecular flexibility index (Phi) is 65.7. The van der Waals surface area contributed by atoms with Gasteiger partial charge >= 0.3 is 8.60 Å². The van der Waals surface area contributed by atoms with E-state index in [-0.39, 0.29) is 19.3 Å². The van der Waals surface area contributed by atoms with E-state index in [4.69, 9.17) is 13.6 Å². The van der Waals surface area contributed by atoms with Crippen LogP contribution in [0.3, 0.4) is 0 Å². The quantitative estimate of drug-likeness (QED) is 0.0185. The summed E-state index contributed by atoms with van der Waals surface area (Å²) >= 11 is 0. The molecular weight excluding hydrogens is 1400 g/mol. The van der Waals surface area contributed by atoms with Gasteiger partial charge in [0.1, 0.15) is 17.2 Å². The number of unbranched alkanes of at least 4 members (excludes halogenated alkanes) is 57. The molecule has 3 aromatic rings. The summed E-state index contributed by atoms with van der Waals surface area (Å²) in [5.41, 5.74) is 6.46. The first-order chi connectivity index (χ1) is 54.7. The zero-order valence-corrected chi connectivity index (χ0v) is 75.5. The lowest BCUT2D eigenvalue weighted by atomic mass is 9.96. The minimum absolute atomic E-state index is 0.269. The first-order valence-corrected chi connectivity index (χ1v) is 50.3. The van der Waals surface area contributed by atoms with Gasteiger partial charge in [0.25, 0.3) is 0 Å². The summed E-state index contributed by atoms with van der Waals surface area (Å²) in [7, 11) is -2.14. The fourth-order valence-electron chi connectivity index (χ4n) is 16.5. The first kappa shape index (κ1) is 103. The number of hydrogen-bond acceptors (Lipinski definition) is 9. The normalized spacial score (nSPS) is 12.2. The van der Waals surface area contributed by atoms with E-state index in [1.54, 1.807) is 0 Å². The van der Waals surface area contributed by atoms with Gasteiger partial charge < -0.3 is 44.2 Å². The molecule has 3 rings (SSSR count). The SMILES string of the molecule is CCCCCCCCCCCCCCc1cc(CCC(O)(O)CCCCCCCCCCC)ccc1OP(Oc1ccc(CCC(O)(O)CCCCCCCCCCC)cc1CCCCCCCCCCCCCC)Oc1ccc(CCC(O)(O)CCCCCCCCCCC)cc1CCCCCCCCCCCCCC. The van der Waals surface area contributed by atoms with Crippen molar-refractivity contribution < 1.29 is 44.2 Å². The van der Waals surface area contributed by atoms with E-state index in [0.29, 0.717) is 38.5 Å². The van der Waals surface area contributed by atoms with Crippen molar-refractivity contribution in [1.29, 1.82) is 0 Å². The number of aryl methyl sites for hydroxylation is 6. The minimum atomic E-state index is -2.14. The van der Waals surface area contributed by atoms with Crippen LogP contribution in [0.25, 0.3) is 0 Å². The Bertz CT molecular complexity index is 2290. The van der Waals surface area contributed by atoms with Crippen LogP contribution in [0.15, 0.2) is 54.6 Å².